The van der Waals surface area contributed by atoms with E-state index in [1.165, 1.54) is 0 Å². The standard InChI is InChI=1S/C20H25N3O2S/c1-4-7-15(5-2)13-22-18(24)14-25-17-9-6-8-16(12-17)20(3)10-11-26-19(21)23-20/h4-9,12H,1-2,10-11,13-14H2,3H3,(H2,21,23)(H,22,24)/b15-7+. The number of nitrogens with zero attached hydrogens (tertiary/aromatic N) is 1. The van der Waals surface area contributed by atoms with Gasteiger partial charge in [0.15, 0.2) is 11.8 Å². The van der Waals surface area contributed by atoms with E-state index in [1.807, 2.05) is 24.3 Å². The van der Waals surface area contributed by atoms with Crippen LogP contribution in [0.2, 0.25) is 0 Å². The van der Waals surface area contributed by atoms with E-state index in [2.05, 4.69) is 30.4 Å². The molecule has 0 saturated heterocycles. The minimum atomic E-state index is -0.356. The Bertz CT molecular complexity index is 742. The lowest BCUT2D eigenvalue weighted by Crippen LogP contribution is -2.30. The third-order valence-electron chi connectivity index (χ3n) is 4.11. The van der Waals surface area contributed by atoms with Crippen LogP contribution in [0.25, 0.3) is 0 Å². The molecule has 0 spiro atoms. The van der Waals surface area contributed by atoms with E-state index in [1.54, 1.807) is 30.0 Å². The highest BCUT2D eigenvalue weighted by atomic mass is 32.2. The van der Waals surface area contributed by atoms with Crippen LogP contribution in [-0.4, -0.2) is 30.0 Å². The Balaban J connectivity index is 1.95. The number of aliphatic imine (C=N–C) groups is 1. The monoisotopic (exact) mass is 371 g/mol. The number of thioether (sulfide) groups is 1. The lowest BCUT2D eigenvalue weighted by molar-refractivity contribution is -0.122. The van der Waals surface area contributed by atoms with Crippen molar-refractivity contribution in [3.63, 3.8) is 0 Å². The minimum absolute atomic E-state index is 0.0556. The zero-order chi connectivity index (χ0) is 19.0. The molecular weight excluding hydrogens is 346 g/mol. The van der Waals surface area contributed by atoms with Gasteiger partial charge < -0.3 is 15.8 Å². The maximum atomic E-state index is 12.0. The summed E-state index contributed by atoms with van der Waals surface area (Å²) < 4.78 is 5.63. The van der Waals surface area contributed by atoms with E-state index in [9.17, 15) is 4.79 Å². The molecule has 0 aliphatic carbocycles. The zero-order valence-corrected chi connectivity index (χ0v) is 15.8. The second-order valence-electron chi connectivity index (χ2n) is 6.10. The maximum Gasteiger partial charge on any atom is 0.258 e. The number of rotatable bonds is 8. The van der Waals surface area contributed by atoms with Gasteiger partial charge in [-0.15, -0.1) is 0 Å². The van der Waals surface area contributed by atoms with Crippen LogP contribution in [0, 0.1) is 0 Å². The summed E-state index contributed by atoms with van der Waals surface area (Å²) in [5.41, 5.74) is 7.44. The number of hydrogen-bond donors (Lipinski definition) is 2. The first kappa shape index (κ1) is 19.8. The summed E-state index contributed by atoms with van der Waals surface area (Å²) in [7, 11) is 0. The average molecular weight is 372 g/mol. The molecule has 2 rings (SSSR count). The summed E-state index contributed by atoms with van der Waals surface area (Å²) in [6.07, 6.45) is 6.04. The zero-order valence-electron chi connectivity index (χ0n) is 15.0. The van der Waals surface area contributed by atoms with E-state index in [-0.39, 0.29) is 18.1 Å². The number of allylic oxidation sites excluding steroid dienone is 2. The second-order valence-corrected chi connectivity index (χ2v) is 7.21. The third-order valence-corrected chi connectivity index (χ3v) is 4.90. The fourth-order valence-corrected chi connectivity index (χ4v) is 3.54. The van der Waals surface area contributed by atoms with Crippen LogP contribution >= 0.6 is 11.8 Å². The Morgan fingerprint density at radius 3 is 3.00 bits per heavy atom. The highest BCUT2D eigenvalue weighted by molar-refractivity contribution is 8.13. The molecule has 26 heavy (non-hydrogen) atoms. The van der Waals surface area contributed by atoms with Crippen molar-refractivity contribution in [1.82, 2.24) is 5.32 Å². The number of carbonyl (C=O) groups is 1. The Kier molecular flexibility index (Phi) is 7.09. The molecule has 1 aromatic carbocycles. The predicted molar refractivity (Wildman–Crippen MR) is 109 cm³/mol. The largest absolute Gasteiger partial charge is 0.484 e. The molecule has 0 saturated carbocycles. The molecule has 0 fully saturated rings. The van der Waals surface area contributed by atoms with E-state index in [4.69, 9.17) is 10.5 Å². The smallest absolute Gasteiger partial charge is 0.258 e. The van der Waals surface area contributed by atoms with Gasteiger partial charge >= 0.3 is 0 Å². The van der Waals surface area contributed by atoms with Crippen LogP contribution < -0.4 is 15.8 Å². The van der Waals surface area contributed by atoms with Crippen LogP contribution in [0.4, 0.5) is 0 Å². The number of amides is 1. The molecule has 1 unspecified atom stereocenters. The van der Waals surface area contributed by atoms with Crippen molar-refractivity contribution in [2.24, 2.45) is 10.7 Å². The van der Waals surface area contributed by atoms with E-state index in [0.717, 1.165) is 23.3 Å². The quantitative estimate of drug-likeness (QED) is 0.688. The highest BCUT2D eigenvalue weighted by Crippen LogP contribution is 2.36. The van der Waals surface area contributed by atoms with Crippen molar-refractivity contribution in [3.8, 4) is 5.75 Å². The fraction of sp³-hybridized carbons (Fsp3) is 0.300. The van der Waals surface area contributed by atoms with Crippen LogP contribution in [0.1, 0.15) is 18.9 Å². The predicted octanol–water partition coefficient (Wildman–Crippen LogP) is 3.15. The van der Waals surface area contributed by atoms with Crippen LogP contribution in [0.3, 0.4) is 0 Å². The lowest BCUT2D eigenvalue weighted by Gasteiger charge is -2.30. The van der Waals surface area contributed by atoms with E-state index in [0.29, 0.717) is 17.5 Å². The first-order valence-corrected chi connectivity index (χ1v) is 9.37. The first-order chi connectivity index (χ1) is 12.5. The van der Waals surface area contributed by atoms with Gasteiger partial charge in [-0.05, 0) is 36.6 Å². The van der Waals surface area contributed by atoms with E-state index >= 15 is 0 Å². The van der Waals surface area contributed by atoms with Crippen molar-refractivity contribution in [2.75, 3.05) is 18.9 Å². The molecule has 1 aliphatic rings. The number of nitrogens with two attached hydrogens (primary N) is 1. The normalized spacial score (nSPS) is 20.0. The summed E-state index contributed by atoms with van der Waals surface area (Å²) in [5, 5.41) is 3.39. The number of benzene rings is 1. The van der Waals surface area contributed by atoms with Gasteiger partial charge in [-0.3, -0.25) is 9.79 Å². The van der Waals surface area contributed by atoms with Crippen LogP contribution in [0.5, 0.6) is 5.75 Å². The molecule has 138 valence electrons. The first-order valence-electron chi connectivity index (χ1n) is 8.39. The molecule has 6 heteroatoms. The molecule has 1 aromatic rings. The topological polar surface area (TPSA) is 76.7 Å². The van der Waals surface area contributed by atoms with Gasteiger partial charge in [0.2, 0.25) is 0 Å². The summed E-state index contributed by atoms with van der Waals surface area (Å²) in [4.78, 5) is 16.6. The molecule has 0 radical (unpaired) electrons. The summed E-state index contributed by atoms with van der Waals surface area (Å²) >= 11 is 1.57. The Morgan fingerprint density at radius 1 is 1.50 bits per heavy atom. The number of ether oxygens (including phenoxy) is 1. The second kappa shape index (κ2) is 9.29. The van der Waals surface area contributed by atoms with Crippen molar-refractivity contribution in [3.05, 3.63) is 66.8 Å². The molecule has 0 bridgehead atoms. The van der Waals surface area contributed by atoms with E-state index < -0.39 is 0 Å². The number of nitrogens with one attached hydrogen (secondary N) is 1. The molecule has 1 aliphatic heterocycles. The Morgan fingerprint density at radius 2 is 2.31 bits per heavy atom. The number of hydrogen-bond acceptors (Lipinski definition) is 5. The number of amidine groups is 1. The molecule has 5 nitrogen and oxygen atoms in total. The summed E-state index contributed by atoms with van der Waals surface area (Å²) in [5.74, 6) is 1.37. The average Bonchev–Trinajstić information content (AvgIpc) is 2.63. The maximum absolute atomic E-state index is 12.0. The van der Waals surface area contributed by atoms with Gasteiger partial charge in [0.05, 0.1) is 5.54 Å². The van der Waals surface area contributed by atoms with Gasteiger partial charge in [0, 0.05) is 12.3 Å². The van der Waals surface area contributed by atoms with Gasteiger partial charge in [0.25, 0.3) is 5.91 Å². The van der Waals surface area contributed by atoms with Crippen molar-refractivity contribution >= 4 is 22.8 Å². The fourth-order valence-electron chi connectivity index (χ4n) is 2.57. The van der Waals surface area contributed by atoms with Gasteiger partial charge in [-0.25, -0.2) is 0 Å². The van der Waals surface area contributed by atoms with Gasteiger partial charge in [-0.1, -0.05) is 55.3 Å². The molecular formula is C20H25N3O2S. The third kappa shape index (κ3) is 5.52. The summed E-state index contributed by atoms with van der Waals surface area (Å²) in [6.45, 7) is 9.72. The minimum Gasteiger partial charge on any atom is -0.484 e. The van der Waals surface area contributed by atoms with Gasteiger partial charge in [-0.2, -0.15) is 0 Å². The van der Waals surface area contributed by atoms with Crippen LogP contribution in [-0.2, 0) is 10.3 Å². The lowest BCUT2D eigenvalue weighted by atomic mass is 9.90. The molecule has 1 amide bonds. The summed E-state index contributed by atoms with van der Waals surface area (Å²) in [6, 6.07) is 7.67. The van der Waals surface area contributed by atoms with Crippen molar-refractivity contribution in [2.45, 2.75) is 18.9 Å². The van der Waals surface area contributed by atoms with Crippen LogP contribution in [0.15, 0.2) is 66.2 Å². The Hall–Kier alpha value is -2.47. The van der Waals surface area contributed by atoms with Crippen molar-refractivity contribution in [1.29, 1.82) is 0 Å². The molecule has 1 atom stereocenters. The Labute approximate surface area is 159 Å². The molecule has 3 N–H and O–H groups in total. The van der Waals surface area contributed by atoms with Gasteiger partial charge in [0.1, 0.15) is 5.75 Å². The SMILES string of the molecule is C=C/C=C(\C=C)CNC(=O)COc1cccc(C2(C)CCSC(N)=N2)c1. The molecule has 0 aromatic heterocycles. The van der Waals surface area contributed by atoms with Crippen molar-refractivity contribution < 1.29 is 9.53 Å². The highest BCUT2D eigenvalue weighted by Gasteiger charge is 2.29. The number of carbonyl (C=O) groups excluding carboxylic acids is 1. The molecule has 1 heterocycles.